The van der Waals surface area contributed by atoms with E-state index in [0.717, 1.165) is 24.8 Å². The molecule has 0 aliphatic heterocycles. The summed E-state index contributed by atoms with van der Waals surface area (Å²) in [5, 5.41) is 0. The van der Waals surface area contributed by atoms with Crippen LogP contribution >= 0.6 is 0 Å². The fourth-order valence-corrected chi connectivity index (χ4v) is 2.84. The van der Waals surface area contributed by atoms with Gasteiger partial charge in [-0.15, -0.1) is 0 Å². The minimum atomic E-state index is -3.51. The Morgan fingerprint density at radius 1 is 1.00 bits per heavy atom. The summed E-state index contributed by atoms with van der Waals surface area (Å²) in [5.74, 6) is 0. The molecule has 3 nitrogen and oxygen atoms in total. The molecule has 0 saturated heterocycles. The van der Waals surface area contributed by atoms with Gasteiger partial charge in [0.1, 0.15) is 0 Å². The zero-order chi connectivity index (χ0) is 14.8. The molecular weight excluding hydrogens is 270 g/mol. The van der Waals surface area contributed by atoms with Gasteiger partial charge in [-0.1, -0.05) is 56.7 Å². The van der Waals surface area contributed by atoms with Crippen LogP contribution in [0.5, 0.6) is 0 Å². The number of hydrogen-bond acceptors (Lipinski definition) is 2. The van der Waals surface area contributed by atoms with Gasteiger partial charge < -0.3 is 0 Å². The van der Waals surface area contributed by atoms with Crippen molar-refractivity contribution in [3.8, 4) is 0 Å². The molecule has 0 spiro atoms. The van der Waals surface area contributed by atoms with E-state index in [0.29, 0.717) is 0 Å². The zero-order valence-electron chi connectivity index (χ0n) is 12.5. The van der Waals surface area contributed by atoms with E-state index in [4.69, 9.17) is 0 Å². The van der Waals surface area contributed by atoms with Crippen LogP contribution in [0.15, 0.2) is 33.6 Å². The van der Waals surface area contributed by atoms with Gasteiger partial charge in [0.25, 0.3) is 10.0 Å². The SMILES string of the molecule is CCCCCCCC/C=N/S(=O)(=O)c1ccc(C)cc1. The molecule has 0 heterocycles. The number of rotatable bonds is 9. The standard InChI is InChI=1S/C16H25NO2S/c1-3-4-5-6-7-8-9-14-17-20(18,19)16-12-10-15(2)11-13-16/h10-14H,3-9H2,1-2H3/b17-14+. The lowest BCUT2D eigenvalue weighted by molar-refractivity contribution is 0.597. The Morgan fingerprint density at radius 2 is 1.60 bits per heavy atom. The van der Waals surface area contributed by atoms with Crippen molar-refractivity contribution >= 4 is 16.2 Å². The Morgan fingerprint density at radius 3 is 2.25 bits per heavy atom. The third-order valence-corrected chi connectivity index (χ3v) is 4.51. The summed E-state index contributed by atoms with van der Waals surface area (Å²) in [6.07, 6.45) is 9.47. The average Bonchev–Trinajstić information content (AvgIpc) is 2.42. The Balaban J connectivity index is 2.35. The van der Waals surface area contributed by atoms with Gasteiger partial charge in [-0.25, -0.2) is 0 Å². The van der Waals surface area contributed by atoms with Gasteiger partial charge in [0.15, 0.2) is 0 Å². The van der Waals surface area contributed by atoms with E-state index in [1.807, 2.05) is 6.92 Å². The molecule has 0 bridgehead atoms. The quantitative estimate of drug-likeness (QED) is 0.497. The van der Waals surface area contributed by atoms with E-state index < -0.39 is 10.0 Å². The predicted molar refractivity (Wildman–Crippen MR) is 84.8 cm³/mol. The first-order valence-corrected chi connectivity index (χ1v) is 8.86. The van der Waals surface area contributed by atoms with Crippen LogP contribution in [0.25, 0.3) is 0 Å². The number of unbranched alkanes of at least 4 members (excludes halogenated alkanes) is 6. The van der Waals surface area contributed by atoms with Crippen molar-refractivity contribution in [3.05, 3.63) is 29.8 Å². The molecule has 20 heavy (non-hydrogen) atoms. The molecule has 1 aromatic rings. The van der Waals surface area contributed by atoms with Crippen LogP contribution in [-0.4, -0.2) is 14.6 Å². The fraction of sp³-hybridized carbons (Fsp3) is 0.562. The first-order chi connectivity index (χ1) is 9.56. The zero-order valence-corrected chi connectivity index (χ0v) is 13.3. The molecule has 0 amide bonds. The lowest BCUT2D eigenvalue weighted by atomic mass is 10.1. The third-order valence-electron chi connectivity index (χ3n) is 3.22. The van der Waals surface area contributed by atoms with E-state index in [1.165, 1.54) is 31.9 Å². The second kappa shape index (κ2) is 8.90. The summed E-state index contributed by atoms with van der Waals surface area (Å²) in [7, 11) is -3.51. The molecule has 0 aliphatic carbocycles. The maximum Gasteiger partial charge on any atom is 0.281 e. The van der Waals surface area contributed by atoms with Gasteiger partial charge in [0.05, 0.1) is 4.90 Å². The van der Waals surface area contributed by atoms with Crippen LogP contribution in [0.3, 0.4) is 0 Å². The van der Waals surface area contributed by atoms with Crippen molar-refractivity contribution in [2.24, 2.45) is 4.40 Å². The van der Waals surface area contributed by atoms with Crippen LogP contribution in [0.1, 0.15) is 57.4 Å². The predicted octanol–water partition coefficient (Wildman–Crippen LogP) is 4.51. The molecule has 0 aliphatic rings. The molecule has 112 valence electrons. The Labute approximate surface area is 123 Å². The third kappa shape index (κ3) is 6.33. The maximum atomic E-state index is 11.9. The first kappa shape index (κ1) is 16.9. The molecule has 0 saturated carbocycles. The highest BCUT2D eigenvalue weighted by Crippen LogP contribution is 2.13. The van der Waals surface area contributed by atoms with Gasteiger partial charge >= 0.3 is 0 Å². The van der Waals surface area contributed by atoms with Crippen LogP contribution in [0.4, 0.5) is 0 Å². The minimum Gasteiger partial charge on any atom is -0.199 e. The molecule has 0 aromatic heterocycles. The number of nitrogens with zero attached hydrogens (tertiary/aromatic N) is 1. The van der Waals surface area contributed by atoms with E-state index in [9.17, 15) is 8.42 Å². The Kier molecular flexibility index (Phi) is 7.52. The van der Waals surface area contributed by atoms with Crippen LogP contribution < -0.4 is 0 Å². The summed E-state index contributed by atoms with van der Waals surface area (Å²) < 4.78 is 27.6. The molecule has 1 aromatic carbocycles. The molecule has 4 heteroatoms. The smallest absolute Gasteiger partial charge is 0.199 e. The van der Waals surface area contributed by atoms with Gasteiger partial charge in [0.2, 0.25) is 0 Å². The first-order valence-electron chi connectivity index (χ1n) is 7.41. The second-order valence-electron chi connectivity index (χ2n) is 5.13. The van der Waals surface area contributed by atoms with Crippen molar-refractivity contribution in [2.45, 2.75) is 63.7 Å². The van der Waals surface area contributed by atoms with Gasteiger partial charge in [0, 0.05) is 6.21 Å². The van der Waals surface area contributed by atoms with E-state index in [1.54, 1.807) is 24.3 Å². The summed E-state index contributed by atoms with van der Waals surface area (Å²) in [5.41, 5.74) is 1.04. The highest BCUT2D eigenvalue weighted by molar-refractivity contribution is 7.90. The van der Waals surface area contributed by atoms with Crippen LogP contribution in [0.2, 0.25) is 0 Å². The van der Waals surface area contributed by atoms with E-state index >= 15 is 0 Å². The van der Waals surface area contributed by atoms with E-state index in [2.05, 4.69) is 11.3 Å². The van der Waals surface area contributed by atoms with Crippen molar-refractivity contribution in [1.29, 1.82) is 0 Å². The highest BCUT2D eigenvalue weighted by Gasteiger charge is 2.10. The molecular formula is C16H25NO2S. The van der Waals surface area contributed by atoms with Crippen LogP contribution in [0, 0.1) is 6.92 Å². The molecule has 1 rings (SSSR count). The summed E-state index contributed by atoms with van der Waals surface area (Å²) in [6.45, 7) is 4.13. The van der Waals surface area contributed by atoms with Crippen molar-refractivity contribution in [1.82, 2.24) is 0 Å². The highest BCUT2D eigenvalue weighted by atomic mass is 32.2. The lowest BCUT2D eigenvalue weighted by Gasteiger charge is -2.00. The van der Waals surface area contributed by atoms with Crippen molar-refractivity contribution < 1.29 is 8.42 Å². The molecule has 0 atom stereocenters. The summed E-state index contributed by atoms with van der Waals surface area (Å²) in [6, 6.07) is 6.78. The summed E-state index contributed by atoms with van der Waals surface area (Å²) >= 11 is 0. The van der Waals surface area contributed by atoms with Gasteiger partial charge in [-0.2, -0.15) is 12.8 Å². The number of hydrogen-bond donors (Lipinski definition) is 0. The average molecular weight is 295 g/mol. The van der Waals surface area contributed by atoms with Crippen LogP contribution in [-0.2, 0) is 10.0 Å². The largest absolute Gasteiger partial charge is 0.281 e. The lowest BCUT2D eigenvalue weighted by Crippen LogP contribution is -1.97. The molecule has 0 radical (unpaired) electrons. The Hall–Kier alpha value is -1.16. The van der Waals surface area contributed by atoms with E-state index in [-0.39, 0.29) is 4.90 Å². The van der Waals surface area contributed by atoms with Gasteiger partial charge in [-0.05, 0) is 31.9 Å². The molecule has 0 N–H and O–H groups in total. The maximum absolute atomic E-state index is 11.9. The molecule has 0 fully saturated rings. The fourth-order valence-electron chi connectivity index (χ4n) is 1.94. The normalized spacial score (nSPS) is 12.1. The topological polar surface area (TPSA) is 46.5 Å². The Bertz CT molecular complexity index is 504. The monoisotopic (exact) mass is 295 g/mol. The number of aryl methyl sites for hydroxylation is 1. The number of benzene rings is 1. The number of sulfonamides is 1. The second-order valence-corrected chi connectivity index (χ2v) is 6.76. The minimum absolute atomic E-state index is 0.266. The van der Waals surface area contributed by atoms with Crippen molar-refractivity contribution in [2.75, 3.05) is 0 Å². The van der Waals surface area contributed by atoms with Gasteiger partial charge in [-0.3, -0.25) is 0 Å². The molecule has 0 unspecified atom stereocenters. The summed E-state index contributed by atoms with van der Waals surface area (Å²) in [4.78, 5) is 0.266. The van der Waals surface area contributed by atoms with Crippen molar-refractivity contribution in [3.63, 3.8) is 0 Å².